The van der Waals surface area contributed by atoms with Crippen LogP contribution in [0.2, 0.25) is 0 Å². The molecule has 1 aromatic rings. The maximum Gasteiger partial charge on any atom is 0.0872 e. The molecule has 1 fully saturated rings. The van der Waals surface area contributed by atoms with Crippen LogP contribution in [0.5, 0.6) is 0 Å². The summed E-state index contributed by atoms with van der Waals surface area (Å²) in [5, 5.41) is 0. The summed E-state index contributed by atoms with van der Waals surface area (Å²) < 4.78 is 7.05. The lowest BCUT2D eigenvalue weighted by Gasteiger charge is -2.38. The molecule has 1 aliphatic rings. The highest BCUT2D eigenvalue weighted by Crippen LogP contribution is 2.20. The van der Waals surface area contributed by atoms with E-state index in [0.29, 0.717) is 6.04 Å². The normalized spacial score (nSPS) is 22.1. The van der Waals surface area contributed by atoms with Gasteiger partial charge in [-0.1, -0.05) is 34.1 Å². The largest absolute Gasteiger partial charge is 0.374 e. The van der Waals surface area contributed by atoms with E-state index < -0.39 is 0 Å². The van der Waals surface area contributed by atoms with E-state index in [1.807, 2.05) is 6.07 Å². The Kier molecular flexibility index (Phi) is 5.99. The fourth-order valence-electron chi connectivity index (χ4n) is 2.61. The van der Waals surface area contributed by atoms with Gasteiger partial charge >= 0.3 is 0 Å². The van der Waals surface area contributed by atoms with Crippen molar-refractivity contribution in [2.45, 2.75) is 38.5 Å². The monoisotopic (exact) mass is 341 g/mol. The first-order valence-electron chi connectivity index (χ1n) is 7.17. The van der Waals surface area contributed by atoms with Crippen LogP contribution in [0.4, 0.5) is 0 Å². The summed E-state index contributed by atoms with van der Waals surface area (Å²) in [7, 11) is 0. The molecule has 112 valence electrons. The van der Waals surface area contributed by atoms with Crippen molar-refractivity contribution < 1.29 is 4.74 Å². The van der Waals surface area contributed by atoms with Crippen molar-refractivity contribution in [3.63, 3.8) is 0 Å². The third-order valence-electron chi connectivity index (χ3n) is 3.92. The first kappa shape index (κ1) is 15.9. The first-order chi connectivity index (χ1) is 9.61. The Balaban J connectivity index is 2.03. The van der Waals surface area contributed by atoms with Crippen LogP contribution in [0.25, 0.3) is 0 Å². The topological polar surface area (TPSA) is 50.5 Å². The fraction of sp³-hybridized carbons (Fsp3) is 0.600. The molecule has 1 saturated heterocycles. The number of hydrogen-bond acceptors (Lipinski definition) is 4. The molecule has 2 atom stereocenters. The zero-order valence-electron chi connectivity index (χ0n) is 12.2. The van der Waals surface area contributed by atoms with Crippen LogP contribution in [0.3, 0.4) is 0 Å². The SMILES string of the molecule is CC(C)N1CCOC(C(Cc2ccccc2Br)NN)C1. The second-order valence-electron chi connectivity index (χ2n) is 5.57. The van der Waals surface area contributed by atoms with Gasteiger partial charge in [0.05, 0.1) is 18.8 Å². The van der Waals surface area contributed by atoms with Crippen molar-refractivity contribution in [2.24, 2.45) is 5.84 Å². The summed E-state index contributed by atoms with van der Waals surface area (Å²) in [5.41, 5.74) is 4.19. The molecule has 4 nitrogen and oxygen atoms in total. The Hall–Kier alpha value is -0.460. The Morgan fingerprint density at radius 2 is 2.20 bits per heavy atom. The number of hydrogen-bond donors (Lipinski definition) is 2. The summed E-state index contributed by atoms with van der Waals surface area (Å²) in [6.07, 6.45) is 0.984. The molecule has 0 aromatic heterocycles. The van der Waals surface area contributed by atoms with Crippen LogP contribution in [0.1, 0.15) is 19.4 Å². The van der Waals surface area contributed by atoms with Gasteiger partial charge in [-0.3, -0.25) is 16.2 Å². The summed E-state index contributed by atoms with van der Waals surface area (Å²) in [6, 6.07) is 8.92. The average molecular weight is 342 g/mol. The van der Waals surface area contributed by atoms with Crippen molar-refractivity contribution in [1.82, 2.24) is 10.3 Å². The number of rotatable bonds is 5. The molecule has 1 heterocycles. The van der Waals surface area contributed by atoms with Gasteiger partial charge in [-0.25, -0.2) is 0 Å². The number of morpholine rings is 1. The Labute approximate surface area is 129 Å². The van der Waals surface area contributed by atoms with Gasteiger partial charge in [0, 0.05) is 23.6 Å². The van der Waals surface area contributed by atoms with Crippen LogP contribution in [0, 0.1) is 0 Å². The summed E-state index contributed by atoms with van der Waals surface area (Å²) in [5.74, 6) is 5.76. The van der Waals surface area contributed by atoms with Crippen LogP contribution >= 0.6 is 15.9 Å². The molecule has 3 N–H and O–H groups in total. The van der Waals surface area contributed by atoms with E-state index in [4.69, 9.17) is 10.6 Å². The Morgan fingerprint density at radius 1 is 1.45 bits per heavy atom. The predicted molar refractivity (Wildman–Crippen MR) is 85.4 cm³/mol. The van der Waals surface area contributed by atoms with Gasteiger partial charge < -0.3 is 4.74 Å². The molecule has 1 aliphatic heterocycles. The van der Waals surface area contributed by atoms with Gasteiger partial charge in [-0.05, 0) is 31.9 Å². The molecule has 0 aliphatic carbocycles. The highest BCUT2D eigenvalue weighted by molar-refractivity contribution is 9.10. The van der Waals surface area contributed by atoms with Gasteiger partial charge in [-0.2, -0.15) is 0 Å². The van der Waals surface area contributed by atoms with Crippen molar-refractivity contribution in [1.29, 1.82) is 0 Å². The van der Waals surface area contributed by atoms with Crippen LogP contribution < -0.4 is 11.3 Å². The molecule has 5 heteroatoms. The lowest BCUT2D eigenvalue weighted by molar-refractivity contribution is -0.0552. The molecule has 20 heavy (non-hydrogen) atoms. The zero-order valence-corrected chi connectivity index (χ0v) is 13.8. The van der Waals surface area contributed by atoms with E-state index in [1.165, 1.54) is 5.56 Å². The Morgan fingerprint density at radius 3 is 2.85 bits per heavy atom. The van der Waals surface area contributed by atoms with Crippen LogP contribution in [-0.2, 0) is 11.2 Å². The number of nitrogens with two attached hydrogens (primary N) is 1. The average Bonchev–Trinajstić information content (AvgIpc) is 2.46. The van der Waals surface area contributed by atoms with Gasteiger partial charge in [-0.15, -0.1) is 0 Å². The highest BCUT2D eigenvalue weighted by atomic mass is 79.9. The smallest absolute Gasteiger partial charge is 0.0872 e. The van der Waals surface area contributed by atoms with Crippen molar-refractivity contribution in [3.8, 4) is 0 Å². The van der Waals surface area contributed by atoms with Gasteiger partial charge in [0.2, 0.25) is 0 Å². The quantitative estimate of drug-likeness (QED) is 0.634. The van der Waals surface area contributed by atoms with Crippen molar-refractivity contribution in [2.75, 3.05) is 19.7 Å². The third-order valence-corrected chi connectivity index (χ3v) is 4.69. The lowest BCUT2D eigenvalue weighted by Crippen LogP contribution is -2.56. The summed E-state index contributed by atoms with van der Waals surface area (Å²) in [6.45, 7) is 7.15. The number of hydrazine groups is 1. The molecule has 0 radical (unpaired) electrons. The van der Waals surface area contributed by atoms with Gasteiger partial charge in [0.15, 0.2) is 0 Å². The number of nitrogens with one attached hydrogen (secondary N) is 1. The Bertz CT molecular complexity index is 427. The third kappa shape index (κ3) is 4.02. The molecule has 0 spiro atoms. The molecule has 2 rings (SSSR count). The molecule has 0 amide bonds. The molecule has 0 saturated carbocycles. The fourth-order valence-corrected chi connectivity index (χ4v) is 3.05. The number of halogens is 1. The molecular weight excluding hydrogens is 318 g/mol. The predicted octanol–water partition coefficient (Wildman–Crippen LogP) is 1.93. The second-order valence-corrected chi connectivity index (χ2v) is 6.42. The van der Waals surface area contributed by atoms with E-state index in [1.54, 1.807) is 0 Å². The van der Waals surface area contributed by atoms with E-state index in [-0.39, 0.29) is 12.1 Å². The number of ether oxygens (including phenoxy) is 1. The van der Waals surface area contributed by atoms with Gasteiger partial charge in [0.25, 0.3) is 0 Å². The molecule has 0 bridgehead atoms. The minimum absolute atomic E-state index is 0.121. The highest BCUT2D eigenvalue weighted by Gasteiger charge is 2.29. The number of benzene rings is 1. The van der Waals surface area contributed by atoms with E-state index >= 15 is 0 Å². The van der Waals surface area contributed by atoms with Crippen LogP contribution in [0.15, 0.2) is 28.7 Å². The maximum atomic E-state index is 5.92. The molecule has 2 unspecified atom stereocenters. The summed E-state index contributed by atoms with van der Waals surface area (Å²) >= 11 is 3.59. The standard InChI is InChI=1S/C15H24BrN3O/c1-11(2)19-7-8-20-15(10-19)14(18-17)9-12-5-3-4-6-13(12)16/h3-6,11,14-15,18H,7-10,17H2,1-2H3. The van der Waals surface area contributed by atoms with Crippen LogP contribution in [-0.4, -0.2) is 42.8 Å². The summed E-state index contributed by atoms with van der Waals surface area (Å²) in [4.78, 5) is 2.44. The van der Waals surface area contributed by atoms with Gasteiger partial charge in [0.1, 0.15) is 0 Å². The van der Waals surface area contributed by atoms with E-state index in [0.717, 1.165) is 30.6 Å². The minimum Gasteiger partial charge on any atom is -0.374 e. The van der Waals surface area contributed by atoms with E-state index in [9.17, 15) is 0 Å². The van der Waals surface area contributed by atoms with Crippen molar-refractivity contribution >= 4 is 15.9 Å². The number of nitrogens with zero attached hydrogens (tertiary/aromatic N) is 1. The molecule has 1 aromatic carbocycles. The molecular formula is C15H24BrN3O. The minimum atomic E-state index is 0.121. The van der Waals surface area contributed by atoms with E-state index in [2.05, 4.69) is 58.3 Å². The second kappa shape index (κ2) is 7.52. The maximum absolute atomic E-state index is 5.92. The zero-order chi connectivity index (χ0) is 14.5. The first-order valence-corrected chi connectivity index (χ1v) is 7.96. The lowest BCUT2D eigenvalue weighted by atomic mass is 10.00. The van der Waals surface area contributed by atoms with Crippen molar-refractivity contribution in [3.05, 3.63) is 34.3 Å².